The van der Waals surface area contributed by atoms with Crippen LogP contribution in [0, 0.1) is 5.82 Å². The number of hydrogen-bond acceptors (Lipinski definition) is 4. The first-order chi connectivity index (χ1) is 11.5. The highest BCUT2D eigenvalue weighted by molar-refractivity contribution is 9.10. The first kappa shape index (κ1) is 18.2. The Kier molecular flexibility index (Phi) is 6.57. The Hall–Kier alpha value is -2.12. The summed E-state index contributed by atoms with van der Waals surface area (Å²) in [5.74, 6) is -0.316. The molecule has 0 saturated heterocycles. The molecule has 2 aromatic carbocycles. The third-order valence-corrected chi connectivity index (χ3v) is 3.81. The van der Waals surface area contributed by atoms with Crippen LogP contribution in [0.15, 0.2) is 40.9 Å². The van der Waals surface area contributed by atoms with E-state index in [0.717, 1.165) is 5.56 Å². The second-order valence-electron chi connectivity index (χ2n) is 4.99. The Balaban J connectivity index is 2.12. The summed E-state index contributed by atoms with van der Waals surface area (Å²) in [7, 11) is 1.51. The van der Waals surface area contributed by atoms with Gasteiger partial charge in [0.25, 0.3) is 0 Å². The zero-order chi connectivity index (χ0) is 17.5. The number of halogens is 2. The van der Waals surface area contributed by atoms with Gasteiger partial charge in [0.2, 0.25) is 0 Å². The minimum Gasteiger partial charge on any atom is -0.493 e. The number of aliphatic carboxylic acids is 1. The van der Waals surface area contributed by atoms with Crippen molar-refractivity contribution in [2.24, 2.45) is 0 Å². The van der Waals surface area contributed by atoms with Crippen molar-refractivity contribution in [1.82, 2.24) is 5.32 Å². The average Bonchev–Trinajstić information content (AvgIpc) is 2.54. The minimum absolute atomic E-state index is 0.0677. The van der Waals surface area contributed by atoms with Gasteiger partial charge in [0.1, 0.15) is 12.4 Å². The quantitative estimate of drug-likeness (QED) is 0.714. The van der Waals surface area contributed by atoms with Crippen molar-refractivity contribution >= 4 is 21.9 Å². The van der Waals surface area contributed by atoms with Gasteiger partial charge in [-0.25, -0.2) is 4.39 Å². The van der Waals surface area contributed by atoms with Gasteiger partial charge in [-0.1, -0.05) is 18.2 Å². The van der Waals surface area contributed by atoms with Gasteiger partial charge in [-0.3, -0.25) is 4.79 Å². The number of nitrogens with one attached hydrogen (secondary N) is 1. The van der Waals surface area contributed by atoms with Crippen LogP contribution in [-0.4, -0.2) is 24.7 Å². The van der Waals surface area contributed by atoms with Gasteiger partial charge in [-0.2, -0.15) is 0 Å². The molecule has 0 bridgehead atoms. The summed E-state index contributed by atoms with van der Waals surface area (Å²) < 4.78 is 25.3. The van der Waals surface area contributed by atoms with E-state index >= 15 is 0 Å². The Morgan fingerprint density at radius 1 is 1.33 bits per heavy atom. The maximum atomic E-state index is 13.7. The van der Waals surface area contributed by atoms with Crippen molar-refractivity contribution in [3.63, 3.8) is 0 Å². The van der Waals surface area contributed by atoms with Crippen LogP contribution in [0.3, 0.4) is 0 Å². The molecule has 0 spiro atoms. The molecule has 0 aliphatic heterocycles. The van der Waals surface area contributed by atoms with E-state index < -0.39 is 5.97 Å². The molecular weight excluding hydrogens is 381 g/mol. The Bertz CT molecular complexity index is 724. The van der Waals surface area contributed by atoms with Crippen LogP contribution in [-0.2, 0) is 17.9 Å². The van der Waals surface area contributed by atoms with Gasteiger partial charge in [-0.05, 0) is 39.7 Å². The molecule has 0 unspecified atom stereocenters. The van der Waals surface area contributed by atoms with Crippen molar-refractivity contribution in [1.29, 1.82) is 0 Å². The van der Waals surface area contributed by atoms with E-state index in [4.69, 9.17) is 14.6 Å². The fourth-order valence-electron chi connectivity index (χ4n) is 2.09. The number of hydrogen-bond donors (Lipinski definition) is 2. The average molecular weight is 398 g/mol. The molecule has 24 heavy (non-hydrogen) atoms. The summed E-state index contributed by atoms with van der Waals surface area (Å²) in [4.78, 5) is 10.5. The standard InChI is InChI=1S/C17H17BrFNO4/c1-23-15-7-11(8-20-9-16(21)22)6-13(18)17(15)24-10-12-4-2-3-5-14(12)19/h2-7,20H,8-10H2,1H3,(H,21,22). The summed E-state index contributed by atoms with van der Waals surface area (Å²) in [6, 6.07) is 9.94. The fourth-order valence-corrected chi connectivity index (χ4v) is 2.70. The van der Waals surface area contributed by atoms with E-state index in [1.54, 1.807) is 30.3 Å². The lowest BCUT2D eigenvalue weighted by molar-refractivity contribution is -0.135. The number of benzene rings is 2. The number of ether oxygens (including phenoxy) is 2. The Morgan fingerprint density at radius 2 is 2.08 bits per heavy atom. The van der Waals surface area contributed by atoms with E-state index in [-0.39, 0.29) is 19.0 Å². The molecule has 7 heteroatoms. The molecule has 0 radical (unpaired) electrons. The molecule has 0 aromatic heterocycles. The number of rotatable bonds is 8. The SMILES string of the molecule is COc1cc(CNCC(=O)O)cc(Br)c1OCc1ccccc1F. The molecule has 0 aliphatic carbocycles. The predicted molar refractivity (Wildman–Crippen MR) is 90.8 cm³/mol. The highest BCUT2D eigenvalue weighted by Crippen LogP contribution is 2.37. The van der Waals surface area contributed by atoms with Crippen molar-refractivity contribution in [3.8, 4) is 11.5 Å². The van der Waals surface area contributed by atoms with Gasteiger partial charge >= 0.3 is 5.97 Å². The first-order valence-electron chi connectivity index (χ1n) is 7.16. The number of carboxylic acid groups (broad SMARTS) is 1. The molecule has 0 saturated carbocycles. The maximum absolute atomic E-state index is 13.7. The van der Waals surface area contributed by atoms with Crippen LogP contribution in [0.2, 0.25) is 0 Å². The first-order valence-corrected chi connectivity index (χ1v) is 7.95. The second-order valence-corrected chi connectivity index (χ2v) is 5.84. The van der Waals surface area contributed by atoms with Crippen LogP contribution in [0.1, 0.15) is 11.1 Å². The molecule has 5 nitrogen and oxygen atoms in total. The monoisotopic (exact) mass is 397 g/mol. The van der Waals surface area contributed by atoms with Gasteiger partial charge < -0.3 is 19.9 Å². The van der Waals surface area contributed by atoms with Gasteiger partial charge in [0, 0.05) is 12.1 Å². The van der Waals surface area contributed by atoms with Crippen LogP contribution >= 0.6 is 15.9 Å². The zero-order valence-electron chi connectivity index (χ0n) is 13.0. The third kappa shape index (κ3) is 4.94. The lowest BCUT2D eigenvalue weighted by Crippen LogP contribution is -2.21. The summed E-state index contributed by atoms with van der Waals surface area (Å²) in [5, 5.41) is 11.4. The maximum Gasteiger partial charge on any atom is 0.317 e. The zero-order valence-corrected chi connectivity index (χ0v) is 14.6. The van der Waals surface area contributed by atoms with Crippen LogP contribution in [0.25, 0.3) is 0 Å². The molecule has 0 heterocycles. The third-order valence-electron chi connectivity index (χ3n) is 3.22. The summed E-state index contributed by atoms with van der Waals surface area (Å²) in [6.45, 7) is 0.304. The lowest BCUT2D eigenvalue weighted by Gasteiger charge is -2.15. The van der Waals surface area contributed by atoms with E-state index in [2.05, 4.69) is 21.2 Å². The van der Waals surface area contributed by atoms with Gasteiger partial charge in [0.15, 0.2) is 11.5 Å². The smallest absolute Gasteiger partial charge is 0.317 e. The summed E-state index contributed by atoms with van der Waals surface area (Å²) in [6.07, 6.45) is 0. The summed E-state index contributed by atoms with van der Waals surface area (Å²) >= 11 is 3.41. The van der Waals surface area contributed by atoms with Crippen LogP contribution < -0.4 is 14.8 Å². The summed E-state index contributed by atoms with van der Waals surface area (Å²) in [5.41, 5.74) is 1.27. The number of methoxy groups -OCH3 is 1. The Morgan fingerprint density at radius 3 is 2.75 bits per heavy atom. The largest absolute Gasteiger partial charge is 0.493 e. The number of carbonyl (C=O) groups is 1. The fraction of sp³-hybridized carbons (Fsp3) is 0.235. The van der Waals surface area contributed by atoms with E-state index in [1.807, 2.05) is 0 Å². The molecule has 0 atom stereocenters. The van der Waals surface area contributed by atoms with Gasteiger partial charge in [0.05, 0.1) is 18.1 Å². The van der Waals surface area contributed by atoms with Crippen molar-refractivity contribution in [2.75, 3.05) is 13.7 Å². The Labute approximate surface area is 147 Å². The predicted octanol–water partition coefficient (Wildman–Crippen LogP) is 3.35. The molecule has 2 rings (SSSR count). The molecule has 0 fully saturated rings. The molecule has 0 aliphatic rings. The van der Waals surface area contributed by atoms with Crippen molar-refractivity contribution in [3.05, 3.63) is 57.8 Å². The highest BCUT2D eigenvalue weighted by atomic mass is 79.9. The molecule has 2 aromatic rings. The van der Waals surface area contributed by atoms with Crippen molar-refractivity contribution < 1.29 is 23.8 Å². The number of carboxylic acids is 1. The molecular formula is C17H17BrFNO4. The van der Waals surface area contributed by atoms with Crippen molar-refractivity contribution in [2.45, 2.75) is 13.2 Å². The van der Waals surface area contributed by atoms with E-state index in [1.165, 1.54) is 13.2 Å². The minimum atomic E-state index is -0.925. The normalized spacial score (nSPS) is 10.5. The lowest BCUT2D eigenvalue weighted by atomic mass is 10.2. The van der Waals surface area contributed by atoms with Crippen LogP contribution in [0.4, 0.5) is 4.39 Å². The van der Waals surface area contributed by atoms with E-state index in [9.17, 15) is 9.18 Å². The topological polar surface area (TPSA) is 67.8 Å². The molecule has 2 N–H and O–H groups in total. The highest BCUT2D eigenvalue weighted by Gasteiger charge is 2.13. The molecule has 0 amide bonds. The van der Waals surface area contributed by atoms with Crippen LogP contribution in [0.5, 0.6) is 11.5 Å². The van der Waals surface area contributed by atoms with Gasteiger partial charge in [-0.15, -0.1) is 0 Å². The van der Waals surface area contributed by atoms with E-state index in [0.29, 0.717) is 28.1 Å². The second kappa shape index (κ2) is 8.65. The molecule has 128 valence electrons.